The Morgan fingerprint density at radius 2 is 2.23 bits per heavy atom. The van der Waals surface area contributed by atoms with Crippen LogP contribution in [-0.4, -0.2) is 37.9 Å². The van der Waals surface area contributed by atoms with Crippen LogP contribution in [0.4, 0.5) is 0 Å². The van der Waals surface area contributed by atoms with E-state index < -0.39 is 10.2 Å². The summed E-state index contributed by atoms with van der Waals surface area (Å²) >= 11 is 0. The lowest BCUT2D eigenvalue weighted by Crippen LogP contribution is -2.42. The molecule has 22 heavy (non-hydrogen) atoms. The smallest absolute Gasteiger partial charge is 0.274 e. The van der Waals surface area contributed by atoms with Crippen molar-refractivity contribution in [1.29, 1.82) is 0 Å². The largest absolute Gasteiger partial charge is 0.444 e. The first kappa shape index (κ1) is 17.4. The number of hydrogen-bond acceptors (Lipinski definition) is 5. The van der Waals surface area contributed by atoms with Crippen LogP contribution in [0.1, 0.15) is 45.3 Å². The van der Waals surface area contributed by atoms with E-state index in [1.165, 1.54) is 0 Å². The van der Waals surface area contributed by atoms with E-state index >= 15 is 0 Å². The van der Waals surface area contributed by atoms with Crippen LogP contribution in [-0.2, 0) is 22.2 Å². The summed E-state index contributed by atoms with van der Waals surface area (Å²) in [6.07, 6.45) is 3.82. The molecule has 0 radical (unpaired) electrons. The first-order chi connectivity index (χ1) is 10.1. The molecule has 0 saturated carbocycles. The predicted octanol–water partition coefficient (Wildman–Crippen LogP) is 0.977. The van der Waals surface area contributed by atoms with Crippen LogP contribution in [0, 0.1) is 5.92 Å². The van der Waals surface area contributed by atoms with Crippen LogP contribution < -0.4 is 9.86 Å². The number of hydrogen-bond donors (Lipinski definition) is 2. The summed E-state index contributed by atoms with van der Waals surface area (Å²) in [5.41, 5.74) is -0.0465. The highest BCUT2D eigenvalue weighted by Gasteiger charge is 2.24. The molecule has 126 valence electrons. The van der Waals surface area contributed by atoms with Crippen LogP contribution in [0.3, 0.4) is 0 Å². The Hall–Kier alpha value is -0.960. The third-order valence-electron chi connectivity index (χ3n) is 3.83. The molecular formula is C14H26N4O3S. The Labute approximate surface area is 132 Å². The summed E-state index contributed by atoms with van der Waals surface area (Å²) in [5.74, 6) is 1.86. The second-order valence-corrected chi connectivity index (χ2v) is 8.38. The van der Waals surface area contributed by atoms with E-state index in [9.17, 15) is 8.42 Å². The third kappa shape index (κ3) is 5.35. The Balaban J connectivity index is 1.89. The molecule has 0 aliphatic carbocycles. The molecule has 0 unspecified atom stereocenters. The van der Waals surface area contributed by atoms with Gasteiger partial charge in [-0.2, -0.15) is 8.42 Å². The average molecular weight is 330 g/mol. The van der Waals surface area contributed by atoms with E-state index in [1.807, 2.05) is 0 Å². The van der Waals surface area contributed by atoms with Crippen LogP contribution >= 0.6 is 0 Å². The van der Waals surface area contributed by atoms with E-state index in [0.29, 0.717) is 19.0 Å². The molecule has 1 aliphatic rings. The van der Waals surface area contributed by atoms with Crippen molar-refractivity contribution in [2.24, 2.45) is 11.1 Å². The Morgan fingerprint density at radius 1 is 1.50 bits per heavy atom. The van der Waals surface area contributed by atoms with Gasteiger partial charge < -0.3 is 4.42 Å². The van der Waals surface area contributed by atoms with Crippen LogP contribution in [0.5, 0.6) is 0 Å². The quantitative estimate of drug-likeness (QED) is 0.838. The van der Waals surface area contributed by atoms with E-state index in [-0.39, 0.29) is 11.3 Å². The maximum Gasteiger partial charge on any atom is 0.274 e. The summed E-state index contributed by atoms with van der Waals surface area (Å²) in [6.45, 7) is 9.10. The first-order valence-electron chi connectivity index (χ1n) is 7.58. The lowest BCUT2D eigenvalue weighted by molar-refractivity contribution is 0.154. The van der Waals surface area contributed by atoms with Gasteiger partial charge in [0, 0.05) is 18.5 Å². The van der Waals surface area contributed by atoms with Gasteiger partial charge in [-0.1, -0.05) is 20.8 Å². The maximum atomic E-state index is 11.0. The fraction of sp³-hybridized carbons (Fsp3) is 0.786. The molecule has 0 bridgehead atoms. The standard InChI is InChI=1S/C14H26N4O3S/c1-14(2,3)12-8-16-13(21-12)10-18-6-4-5-11(9-18)7-17-22(15,19)20/h8,11,17H,4-7,9-10H2,1-3H3,(H2,15,19,20)/t11-/m0/s1. The zero-order chi connectivity index (χ0) is 16.4. The van der Waals surface area contributed by atoms with Crippen molar-refractivity contribution in [2.45, 2.75) is 45.6 Å². The van der Waals surface area contributed by atoms with E-state index in [1.54, 1.807) is 6.20 Å². The molecule has 2 heterocycles. The molecule has 0 aromatic carbocycles. The maximum absolute atomic E-state index is 11.0. The Kier molecular flexibility index (Phi) is 5.26. The number of nitrogens with two attached hydrogens (primary N) is 1. The number of oxazole rings is 1. The van der Waals surface area contributed by atoms with Gasteiger partial charge in [0.2, 0.25) is 5.89 Å². The summed E-state index contributed by atoms with van der Waals surface area (Å²) in [4.78, 5) is 6.59. The molecule has 2 rings (SSSR count). The highest BCUT2D eigenvalue weighted by Crippen LogP contribution is 2.24. The second kappa shape index (κ2) is 6.66. The van der Waals surface area contributed by atoms with Gasteiger partial charge in [0.05, 0.1) is 12.7 Å². The fourth-order valence-electron chi connectivity index (χ4n) is 2.62. The Morgan fingerprint density at radius 3 is 2.82 bits per heavy atom. The number of aromatic nitrogens is 1. The van der Waals surface area contributed by atoms with Gasteiger partial charge >= 0.3 is 0 Å². The second-order valence-electron chi connectivity index (χ2n) is 7.01. The number of nitrogens with one attached hydrogen (secondary N) is 1. The monoisotopic (exact) mass is 330 g/mol. The lowest BCUT2D eigenvalue weighted by atomic mass is 9.94. The van der Waals surface area contributed by atoms with Gasteiger partial charge in [-0.25, -0.2) is 14.8 Å². The first-order valence-corrected chi connectivity index (χ1v) is 9.13. The summed E-state index contributed by atoms with van der Waals surface area (Å²) in [5, 5.41) is 4.98. The van der Waals surface area contributed by atoms with E-state index in [0.717, 1.165) is 31.7 Å². The minimum atomic E-state index is -3.61. The zero-order valence-electron chi connectivity index (χ0n) is 13.5. The number of piperidine rings is 1. The minimum Gasteiger partial charge on any atom is -0.444 e. The number of likely N-dealkylation sites (tertiary alicyclic amines) is 1. The van der Waals surface area contributed by atoms with Gasteiger partial charge in [0.15, 0.2) is 0 Å². The molecule has 1 saturated heterocycles. The highest BCUT2D eigenvalue weighted by molar-refractivity contribution is 7.87. The predicted molar refractivity (Wildman–Crippen MR) is 84.3 cm³/mol. The Bertz CT molecular complexity index is 591. The van der Waals surface area contributed by atoms with Crippen molar-refractivity contribution < 1.29 is 12.8 Å². The van der Waals surface area contributed by atoms with Gasteiger partial charge in [-0.05, 0) is 25.3 Å². The molecule has 1 aliphatic heterocycles. The molecule has 0 spiro atoms. The molecule has 1 aromatic rings. The molecule has 7 nitrogen and oxygen atoms in total. The normalized spacial score (nSPS) is 21.2. The molecule has 0 amide bonds. The van der Waals surface area contributed by atoms with E-state index in [4.69, 9.17) is 9.56 Å². The zero-order valence-corrected chi connectivity index (χ0v) is 14.3. The summed E-state index contributed by atoms with van der Waals surface area (Å²) < 4.78 is 30.1. The fourth-order valence-corrected chi connectivity index (χ4v) is 3.08. The number of rotatable bonds is 5. The molecule has 8 heteroatoms. The molecule has 1 aromatic heterocycles. The van der Waals surface area contributed by atoms with Crippen LogP contribution in [0.15, 0.2) is 10.6 Å². The SMILES string of the molecule is CC(C)(C)c1cnc(CN2CCC[C@@H](CNS(N)(=O)=O)C2)o1. The van der Waals surface area contributed by atoms with Gasteiger partial charge in [-0.3, -0.25) is 4.90 Å². The van der Waals surface area contributed by atoms with Crippen molar-refractivity contribution in [3.8, 4) is 0 Å². The topological polar surface area (TPSA) is 101 Å². The molecule has 3 N–H and O–H groups in total. The lowest BCUT2D eigenvalue weighted by Gasteiger charge is -2.31. The average Bonchev–Trinajstić information content (AvgIpc) is 2.84. The van der Waals surface area contributed by atoms with Gasteiger partial charge in [0.25, 0.3) is 10.2 Å². The number of nitrogens with zero attached hydrogens (tertiary/aromatic N) is 2. The van der Waals surface area contributed by atoms with Crippen molar-refractivity contribution in [3.05, 3.63) is 17.8 Å². The minimum absolute atomic E-state index is 0.0465. The molecule has 1 atom stereocenters. The van der Waals surface area contributed by atoms with Gasteiger partial charge in [0.1, 0.15) is 5.76 Å². The van der Waals surface area contributed by atoms with Crippen molar-refractivity contribution in [2.75, 3.05) is 19.6 Å². The molecular weight excluding hydrogens is 304 g/mol. The third-order valence-corrected chi connectivity index (χ3v) is 4.40. The van der Waals surface area contributed by atoms with Crippen molar-refractivity contribution in [1.82, 2.24) is 14.6 Å². The van der Waals surface area contributed by atoms with Gasteiger partial charge in [-0.15, -0.1) is 0 Å². The van der Waals surface area contributed by atoms with Crippen LogP contribution in [0.25, 0.3) is 0 Å². The van der Waals surface area contributed by atoms with Crippen molar-refractivity contribution in [3.63, 3.8) is 0 Å². The van der Waals surface area contributed by atoms with E-state index in [2.05, 4.69) is 35.4 Å². The van der Waals surface area contributed by atoms with Crippen molar-refractivity contribution >= 4 is 10.2 Å². The highest BCUT2D eigenvalue weighted by atomic mass is 32.2. The summed E-state index contributed by atoms with van der Waals surface area (Å²) in [7, 11) is -3.61. The summed E-state index contributed by atoms with van der Waals surface area (Å²) in [6, 6.07) is 0. The molecule has 1 fully saturated rings. The van der Waals surface area contributed by atoms with Crippen LogP contribution in [0.2, 0.25) is 0 Å².